The number of nitrogens with one attached hydrogen (secondary N) is 1. The number of quaternary nitrogens is 1. The summed E-state index contributed by atoms with van der Waals surface area (Å²) in [6.45, 7) is 2.81. The maximum Gasteiger partial charge on any atom is 0.413 e. The Kier molecular flexibility index (Phi) is 11.7. The number of carbonyl (C=O) groups excluding carboxylic acids is 1. The monoisotopic (exact) mass is 260 g/mol. The molecule has 0 aromatic carbocycles. The molecule has 0 aliphatic heterocycles. The molecule has 15 heavy (non-hydrogen) atoms. The zero-order chi connectivity index (χ0) is 10.5. The molecule has 0 aliphatic rings. The molecule has 0 fully saturated rings. The van der Waals surface area contributed by atoms with Crippen LogP contribution in [0.5, 0.6) is 0 Å². The third-order valence-corrected chi connectivity index (χ3v) is 1.81. The Morgan fingerprint density at radius 1 is 1.40 bits per heavy atom. The average molecular weight is 261 g/mol. The fourth-order valence-corrected chi connectivity index (χ4v) is 0.738. The molecule has 0 aromatic heterocycles. The lowest BCUT2D eigenvalue weighted by atomic mass is 10.3. The van der Waals surface area contributed by atoms with Crippen molar-refractivity contribution in [3.8, 4) is 0 Å². The van der Waals surface area contributed by atoms with Crippen LogP contribution in [0.2, 0.25) is 0 Å². The van der Waals surface area contributed by atoms with Crippen molar-refractivity contribution in [3.05, 3.63) is 0 Å². The van der Waals surface area contributed by atoms with E-state index in [-0.39, 0.29) is 35.2 Å². The van der Waals surface area contributed by atoms with Gasteiger partial charge in [-0.05, 0) is 6.92 Å². The third-order valence-electron chi connectivity index (χ3n) is 1.81. The molecule has 0 aromatic rings. The predicted octanol–water partition coefficient (Wildman–Crippen LogP) is 1.39. The van der Waals surface area contributed by atoms with Crippen molar-refractivity contribution in [2.75, 3.05) is 27.2 Å². The summed E-state index contributed by atoms with van der Waals surface area (Å²) in [7, 11) is 3.42. The van der Waals surface area contributed by atoms with Crippen LogP contribution in [0.15, 0.2) is 0 Å². The summed E-state index contributed by atoms with van der Waals surface area (Å²) in [5, 5.41) is 7.33. The van der Waals surface area contributed by atoms with Gasteiger partial charge < -0.3 is 10.5 Å². The first kappa shape index (κ1) is 20.0. The molecule has 0 bridgehead atoms. The summed E-state index contributed by atoms with van der Waals surface area (Å²) in [6, 6.07) is -0.399. The smallest absolute Gasteiger partial charge is 0.413 e. The number of nitrogens with two attached hydrogens (primary N) is 1. The number of rotatable bonds is 4. The highest BCUT2D eigenvalue weighted by Gasteiger charge is 2.23. The predicted molar refractivity (Wildman–Crippen MR) is 65.0 cm³/mol. The second-order valence-corrected chi connectivity index (χ2v) is 3.35. The van der Waals surface area contributed by atoms with Crippen LogP contribution in [0, 0.1) is 5.41 Å². The van der Waals surface area contributed by atoms with Crippen LogP contribution in [0.25, 0.3) is 0 Å². The van der Waals surface area contributed by atoms with Crippen LogP contribution in [0.4, 0.5) is 4.79 Å². The zero-order valence-corrected chi connectivity index (χ0v) is 10.9. The highest BCUT2D eigenvalue weighted by Crippen LogP contribution is 1.99. The van der Waals surface area contributed by atoms with Crippen LogP contribution in [-0.4, -0.2) is 43.7 Å². The van der Waals surface area contributed by atoms with Crippen molar-refractivity contribution in [3.63, 3.8) is 0 Å². The molecular weight excluding hydrogens is 241 g/mol. The van der Waals surface area contributed by atoms with Gasteiger partial charge in [-0.1, -0.05) is 0 Å². The Morgan fingerprint density at radius 2 is 1.87 bits per heavy atom. The minimum Gasteiger partial charge on any atom is -0.481 e. The van der Waals surface area contributed by atoms with Crippen LogP contribution >= 0.6 is 24.8 Å². The van der Waals surface area contributed by atoms with E-state index in [0.29, 0.717) is 19.6 Å². The molecule has 0 atom stereocenters. The highest BCUT2D eigenvalue weighted by molar-refractivity contribution is 5.85. The minimum atomic E-state index is -0.399. The maximum atomic E-state index is 10.9. The Labute approximate surface area is 103 Å². The summed E-state index contributed by atoms with van der Waals surface area (Å²) in [4.78, 5) is 10.9. The number of carbonyl (C=O) groups is 1. The lowest BCUT2D eigenvalue weighted by Crippen LogP contribution is -2.50. The molecule has 0 saturated heterocycles. The van der Waals surface area contributed by atoms with Gasteiger partial charge in [-0.15, -0.1) is 24.8 Å². The van der Waals surface area contributed by atoms with Gasteiger partial charge in [0.25, 0.3) is 0 Å². The first-order chi connectivity index (χ1) is 5.90. The van der Waals surface area contributed by atoms with E-state index in [9.17, 15) is 4.79 Å². The van der Waals surface area contributed by atoms with Crippen molar-refractivity contribution in [1.29, 1.82) is 5.41 Å². The van der Waals surface area contributed by atoms with Crippen molar-refractivity contribution >= 4 is 36.7 Å². The number of nitrogens with zero attached hydrogens (tertiary/aromatic N) is 1. The van der Waals surface area contributed by atoms with Crippen molar-refractivity contribution < 1.29 is 14.0 Å². The first-order valence-electron chi connectivity index (χ1n) is 4.23. The van der Waals surface area contributed by atoms with Gasteiger partial charge in [0.05, 0.1) is 33.7 Å². The first-order valence-corrected chi connectivity index (χ1v) is 4.23. The number of halogens is 2. The summed E-state index contributed by atoms with van der Waals surface area (Å²) in [5.74, 6) is 0.204. The second kappa shape index (κ2) is 8.76. The van der Waals surface area contributed by atoms with Gasteiger partial charge in [-0.2, -0.15) is 0 Å². The molecule has 0 radical (unpaired) electrons. The zero-order valence-electron chi connectivity index (χ0n) is 9.28. The number of ether oxygens (including phenoxy) is 1. The molecule has 3 N–H and O–H groups in total. The average Bonchev–Trinajstić information content (AvgIpc) is 2.01. The fourth-order valence-electron chi connectivity index (χ4n) is 0.738. The van der Waals surface area contributed by atoms with Crippen molar-refractivity contribution in [2.24, 2.45) is 5.73 Å². The van der Waals surface area contributed by atoms with Gasteiger partial charge >= 0.3 is 6.03 Å². The summed E-state index contributed by atoms with van der Waals surface area (Å²) >= 11 is 0. The van der Waals surface area contributed by atoms with Crippen LogP contribution < -0.4 is 5.73 Å². The van der Waals surface area contributed by atoms with Gasteiger partial charge in [0.2, 0.25) is 0 Å². The van der Waals surface area contributed by atoms with E-state index in [1.165, 1.54) is 0 Å². The second-order valence-electron chi connectivity index (χ2n) is 3.35. The fraction of sp³-hybridized carbons (Fsp3) is 0.750. The molecule has 0 saturated carbocycles. The third kappa shape index (κ3) is 8.47. The molecular formula is C8H20Cl2N3O2+. The van der Waals surface area contributed by atoms with E-state index >= 15 is 0 Å². The van der Waals surface area contributed by atoms with Gasteiger partial charge in [0, 0.05) is 0 Å². The van der Waals surface area contributed by atoms with E-state index in [2.05, 4.69) is 0 Å². The molecule has 92 valence electrons. The molecule has 2 amide bonds. The molecule has 0 spiro atoms. The largest absolute Gasteiger partial charge is 0.481 e. The number of hydrogen-bond donors (Lipinski definition) is 2. The van der Waals surface area contributed by atoms with Crippen molar-refractivity contribution in [1.82, 2.24) is 0 Å². The number of urea groups is 1. The molecule has 5 nitrogen and oxygen atoms in total. The Morgan fingerprint density at radius 3 is 2.20 bits per heavy atom. The summed E-state index contributed by atoms with van der Waals surface area (Å²) in [6.07, 6.45) is 0.434. The van der Waals surface area contributed by atoms with Crippen molar-refractivity contribution in [2.45, 2.75) is 13.3 Å². The molecule has 0 heterocycles. The van der Waals surface area contributed by atoms with Crippen LogP contribution in [-0.2, 0) is 4.74 Å². The lowest BCUT2D eigenvalue weighted by molar-refractivity contribution is -0.807. The van der Waals surface area contributed by atoms with Crippen LogP contribution in [0.1, 0.15) is 13.3 Å². The molecule has 0 unspecified atom stereocenters. The lowest BCUT2D eigenvalue weighted by Gasteiger charge is -2.23. The Balaban J connectivity index is -0.000000720. The quantitative estimate of drug-likeness (QED) is 0.456. The normalized spacial score (nSPS) is 9.53. The van der Waals surface area contributed by atoms with E-state index in [1.54, 1.807) is 14.1 Å². The Bertz CT molecular complexity index is 210. The number of primary amides is 1. The maximum absolute atomic E-state index is 10.9. The van der Waals surface area contributed by atoms with Gasteiger partial charge in [0.1, 0.15) is 0 Å². The SMILES string of the molecule is CCOC(=N)CC[N+](C)(C)C(N)=O.Cl.Cl. The van der Waals surface area contributed by atoms with E-state index in [1.807, 2.05) is 6.92 Å². The van der Waals surface area contributed by atoms with Gasteiger partial charge in [-0.25, -0.2) is 9.28 Å². The van der Waals surface area contributed by atoms with E-state index < -0.39 is 6.03 Å². The Hall–Kier alpha value is -0.520. The molecule has 0 aliphatic carbocycles. The minimum absolute atomic E-state index is 0. The summed E-state index contributed by atoms with van der Waals surface area (Å²) in [5.41, 5.74) is 5.15. The van der Waals surface area contributed by atoms with Crippen LogP contribution in [0.3, 0.4) is 0 Å². The summed E-state index contributed by atoms with van der Waals surface area (Å²) < 4.78 is 5.02. The van der Waals surface area contributed by atoms with E-state index in [0.717, 1.165) is 0 Å². The van der Waals surface area contributed by atoms with Gasteiger partial charge in [-0.3, -0.25) is 5.41 Å². The topological polar surface area (TPSA) is 76.2 Å². The molecule has 0 rings (SSSR count). The van der Waals surface area contributed by atoms with E-state index in [4.69, 9.17) is 15.9 Å². The van der Waals surface area contributed by atoms with Gasteiger partial charge in [0.15, 0.2) is 5.90 Å². The number of amides is 2. The number of hydrogen-bond acceptors (Lipinski definition) is 3. The molecule has 7 heteroatoms. The highest BCUT2D eigenvalue weighted by atomic mass is 35.5. The standard InChI is InChI=1S/C8H17N3O2.2ClH/c1-4-13-7(9)5-6-11(2,3)8(10)12;;/h9H,4-6H2,1-3H3,(H-,10,12);2*1H/p+1.